The van der Waals surface area contributed by atoms with Crippen LogP contribution in [0.2, 0.25) is 0 Å². The molecule has 0 aromatic heterocycles. The van der Waals surface area contributed by atoms with Crippen molar-refractivity contribution in [3.8, 4) is 0 Å². The zero-order chi connectivity index (χ0) is 16.9. The van der Waals surface area contributed by atoms with Crippen molar-refractivity contribution in [2.75, 3.05) is 13.1 Å². The molecule has 0 radical (unpaired) electrons. The van der Waals surface area contributed by atoms with Gasteiger partial charge >= 0.3 is 12.1 Å². The number of amides is 1. The van der Waals surface area contributed by atoms with Gasteiger partial charge in [-0.3, -0.25) is 9.69 Å². The van der Waals surface area contributed by atoms with E-state index in [2.05, 4.69) is 19.2 Å². The first-order valence-electron chi connectivity index (χ1n) is 8.05. The summed E-state index contributed by atoms with van der Waals surface area (Å²) in [5, 5.41) is 12.2. The molecule has 22 heavy (non-hydrogen) atoms. The van der Waals surface area contributed by atoms with Crippen molar-refractivity contribution < 1.29 is 19.4 Å². The van der Waals surface area contributed by atoms with Crippen LogP contribution in [-0.2, 0) is 9.53 Å². The van der Waals surface area contributed by atoms with Crippen LogP contribution in [0.3, 0.4) is 0 Å². The average Bonchev–Trinajstić information content (AvgIpc) is 2.72. The van der Waals surface area contributed by atoms with Gasteiger partial charge in [-0.25, -0.2) is 4.79 Å². The van der Waals surface area contributed by atoms with Crippen LogP contribution in [0.4, 0.5) is 4.79 Å². The third kappa shape index (κ3) is 6.64. The van der Waals surface area contributed by atoms with Gasteiger partial charge < -0.3 is 15.2 Å². The first kappa shape index (κ1) is 18.7. The highest BCUT2D eigenvalue weighted by Gasteiger charge is 2.32. The third-order valence-corrected chi connectivity index (χ3v) is 3.58. The van der Waals surface area contributed by atoms with E-state index in [1.165, 1.54) is 0 Å². The average molecular weight is 314 g/mol. The second-order valence-electron chi connectivity index (χ2n) is 7.46. The van der Waals surface area contributed by atoms with E-state index in [1.54, 1.807) is 0 Å². The second kappa shape index (κ2) is 7.81. The summed E-state index contributed by atoms with van der Waals surface area (Å²) in [6, 6.07) is -0.537. The number of rotatable bonds is 6. The number of nitrogens with one attached hydrogen (secondary N) is 1. The Morgan fingerprint density at radius 3 is 2.50 bits per heavy atom. The highest BCUT2D eigenvalue weighted by molar-refractivity contribution is 5.73. The van der Waals surface area contributed by atoms with Gasteiger partial charge in [-0.1, -0.05) is 13.8 Å². The molecule has 0 aromatic rings. The van der Waals surface area contributed by atoms with Crippen molar-refractivity contribution >= 4 is 12.1 Å². The van der Waals surface area contributed by atoms with Crippen LogP contribution in [0.1, 0.15) is 53.9 Å². The molecular formula is C16H30N2O4. The molecule has 6 heteroatoms. The Morgan fingerprint density at radius 2 is 2.00 bits per heavy atom. The fraction of sp³-hybridized carbons (Fsp3) is 0.875. The Balaban J connectivity index is 2.64. The Labute approximate surface area is 133 Å². The normalized spacial score (nSPS) is 20.9. The molecule has 0 aliphatic carbocycles. The van der Waals surface area contributed by atoms with Crippen LogP contribution in [0.5, 0.6) is 0 Å². The van der Waals surface area contributed by atoms with Crippen molar-refractivity contribution in [2.45, 2.75) is 71.6 Å². The molecule has 1 heterocycles. The number of carboxylic acids is 1. The predicted molar refractivity (Wildman–Crippen MR) is 84.8 cm³/mol. The van der Waals surface area contributed by atoms with Gasteiger partial charge in [-0.2, -0.15) is 0 Å². The van der Waals surface area contributed by atoms with Gasteiger partial charge in [0.15, 0.2) is 0 Å². The lowest BCUT2D eigenvalue weighted by Crippen LogP contribution is -2.48. The number of hydrogen-bond acceptors (Lipinski definition) is 4. The standard InChI is InChI=1S/C16H30N2O4/c1-11(2)9-12(17-15(21)22-16(3,4)5)10-18-8-6-7-13(18)14(19)20/h11-13H,6-10H2,1-5H3,(H,17,21)(H,19,20)/t12?,13-/m0/s1. The molecule has 1 saturated heterocycles. The number of alkyl carbamates (subject to hydrolysis) is 1. The van der Waals surface area contributed by atoms with E-state index in [0.29, 0.717) is 18.9 Å². The summed E-state index contributed by atoms with van der Waals surface area (Å²) in [6.45, 7) is 11.0. The number of carboxylic acid groups (broad SMARTS) is 1. The molecule has 128 valence electrons. The van der Waals surface area contributed by atoms with Gasteiger partial charge in [0.25, 0.3) is 0 Å². The SMILES string of the molecule is CC(C)CC(CN1CCC[C@H]1C(=O)O)NC(=O)OC(C)(C)C. The monoisotopic (exact) mass is 314 g/mol. The minimum Gasteiger partial charge on any atom is -0.480 e. The maximum absolute atomic E-state index is 12.0. The van der Waals surface area contributed by atoms with Crippen molar-refractivity contribution in [3.63, 3.8) is 0 Å². The van der Waals surface area contributed by atoms with Crippen LogP contribution in [0.15, 0.2) is 0 Å². The number of carbonyl (C=O) groups excluding carboxylic acids is 1. The molecule has 0 saturated carbocycles. The Bertz CT molecular complexity index is 390. The molecule has 2 N–H and O–H groups in total. The minimum absolute atomic E-state index is 0.102. The van der Waals surface area contributed by atoms with Gasteiger partial charge in [0.05, 0.1) is 0 Å². The minimum atomic E-state index is -0.780. The molecule has 2 atom stereocenters. The number of carbonyl (C=O) groups is 2. The summed E-state index contributed by atoms with van der Waals surface area (Å²) < 4.78 is 5.30. The number of aliphatic carboxylic acids is 1. The van der Waals surface area contributed by atoms with E-state index >= 15 is 0 Å². The predicted octanol–water partition coefficient (Wildman–Crippen LogP) is 2.47. The van der Waals surface area contributed by atoms with Crippen LogP contribution in [-0.4, -0.2) is 52.8 Å². The molecule has 1 aliphatic heterocycles. The lowest BCUT2D eigenvalue weighted by molar-refractivity contribution is -0.142. The van der Waals surface area contributed by atoms with Crippen molar-refractivity contribution in [3.05, 3.63) is 0 Å². The molecule has 1 aliphatic rings. The van der Waals surface area contributed by atoms with Gasteiger partial charge in [0, 0.05) is 12.6 Å². The van der Waals surface area contributed by atoms with Gasteiger partial charge in [-0.05, 0) is 52.5 Å². The number of ether oxygens (including phenoxy) is 1. The zero-order valence-electron chi connectivity index (χ0n) is 14.4. The van der Waals surface area contributed by atoms with E-state index in [4.69, 9.17) is 4.74 Å². The summed E-state index contributed by atoms with van der Waals surface area (Å²) in [5.41, 5.74) is -0.538. The summed E-state index contributed by atoms with van der Waals surface area (Å²) in [6.07, 6.45) is 1.92. The highest BCUT2D eigenvalue weighted by atomic mass is 16.6. The van der Waals surface area contributed by atoms with E-state index < -0.39 is 23.7 Å². The maximum Gasteiger partial charge on any atom is 0.407 e. The lowest BCUT2D eigenvalue weighted by atomic mass is 10.0. The summed E-state index contributed by atoms with van der Waals surface area (Å²) in [7, 11) is 0. The van der Waals surface area contributed by atoms with Crippen LogP contribution < -0.4 is 5.32 Å². The van der Waals surface area contributed by atoms with Gasteiger partial charge in [0.2, 0.25) is 0 Å². The lowest BCUT2D eigenvalue weighted by Gasteiger charge is -2.29. The van der Waals surface area contributed by atoms with E-state index in [9.17, 15) is 14.7 Å². The number of hydrogen-bond donors (Lipinski definition) is 2. The van der Waals surface area contributed by atoms with Gasteiger partial charge in [0.1, 0.15) is 11.6 Å². The number of likely N-dealkylation sites (tertiary alicyclic amines) is 1. The Hall–Kier alpha value is -1.30. The van der Waals surface area contributed by atoms with Crippen molar-refractivity contribution in [1.29, 1.82) is 0 Å². The maximum atomic E-state index is 12.0. The molecule has 0 bridgehead atoms. The quantitative estimate of drug-likeness (QED) is 0.787. The molecule has 0 spiro atoms. The van der Waals surface area contributed by atoms with Crippen LogP contribution in [0.25, 0.3) is 0 Å². The third-order valence-electron chi connectivity index (χ3n) is 3.58. The Kier molecular flexibility index (Phi) is 6.66. The summed E-state index contributed by atoms with van der Waals surface area (Å²) >= 11 is 0. The fourth-order valence-electron chi connectivity index (χ4n) is 2.83. The molecular weight excluding hydrogens is 284 g/mol. The van der Waals surface area contributed by atoms with Gasteiger partial charge in [-0.15, -0.1) is 0 Å². The van der Waals surface area contributed by atoms with E-state index in [0.717, 1.165) is 19.4 Å². The van der Waals surface area contributed by atoms with Crippen molar-refractivity contribution in [2.24, 2.45) is 5.92 Å². The van der Waals surface area contributed by atoms with E-state index in [1.807, 2.05) is 25.7 Å². The topological polar surface area (TPSA) is 78.9 Å². The molecule has 1 unspecified atom stereocenters. The first-order valence-corrected chi connectivity index (χ1v) is 8.05. The molecule has 1 amide bonds. The highest BCUT2D eigenvalue weighted by Crippen LogP contribution is 2.19. The first-order chi connectivity index (χ1) is 10.1. The second-order valence-corrected chi connectivity index (χ2v) is 7.46. The van der Waals surface area contributed by atoms with Crippen LogP contribution in [0, 0.1) is 5.92 Å². The molecule has 6 nitrogen and oxygen atoms in total. The molecule has 0 aromatic carbocycles. The Morgan fingerprint density at radius 1 is 1.36 bits per heavy atom. The van der Waals surface area contributed by atoms with Crippen molar-refractivity contribution in [1.82, 2.24) is 10.2 Å². The molecule has 1 rings (SSSR count). The fourth-order valence-corrected chi connectivity index (χ4v) is 2.83. The van der Waals surface area contributed by atoms with Crippen LogP contribution >= 0.6 is 0 Å². The number of nitrogens with zero attached hydrogens (tertiary/aromatic N) is 1. The summed E-state index contributed by atoms with van der Waals surface area (Å²) in [5.74, 6) is -0.371. The van der Waals surface area contributed by atoms with E-state index in [-0.39, 0.29) is 6.04 Å². The largest absolute Gasteiger partial charge is 0.480 e. The summed E-state index contributed by atoms with van der Waals surface area (Å²) in [4.78, 5) is 25.2. The molecule has 1 fully saturated rings. The zero-order valence-corrected chi connectivity index (χ0v) is 14.4. The smallest absolute Gasteiger partial charge is 0.407 e.